The van der Waals surface area contributed by atoms with Crippen LogP contribution in [-0.2, 0) is 11.3 Å². The molecule has 5 nitrogen and oxygen atoms in total. The number of benzene rings is 1. The Balaban J connectivity index is 2.01. The summed E-state index contributed by atoms with van der Waals surface area (Å²) in [7, 11) is 0. The molecule has 1 aromatic carbocycles. The molecule has 0 saturated heterocycles. The molecule has 94 valence electrons. The monoisotopic (exact) mass is 244 g/mol. The molecule has 0 fully saturated rings. The van der Waals surface area contributed by atoms with E-state index in [1.165, 1.54) is 0 Å². The van der Waals surface area contributed by atoms with Crippen LogP contribution in [0.25, 0.3) is 5.69 Å². The van der Waals surface area contributed by atoms with Gasteiger partial charge in [0.15, 0.2) is 0 Å². The summed E-state index contributed by atoms with van der Waals surface area (Å²) >= 11 is 0. The van der Waals surface area contributed by atoms with Crippen LogP contribution in [0.1, 0.15) is 19.5 Å². The largest absolute Gasteiger partial charge is 0.350 e. The Morgan fingerprint density at radius 1 is 1.33 bits per heavy atom. The molecule has 0 bridgehead atoms. The van der Waals surface area contributed by atoms with Crippen molar-refractivity contribution in [1.29, 1.82) is 0 Å². The van der Waals surface area contributed by atoms with Crippen LogP contribution >= 0.6 is 0 Å². The second-order valence-electron chi connectivity index (χ2n) is 4.36. The second-order valence-corrected chi connectivity index (χ2v) is 4.36. The Hall–Kier alpha value is -2.17. The molecule has 1 amide bonds. The van der Waals surface area contributed by atoms with Crippen LogP contribution in [0.2, 0.25) is 0 Å². The number of para-hydroxylation sites is 1. The van der Waals surface area contributed by atoms with E-state index < -0.39 is 0 Å². The van der Waals surface area contributed by atoms with E-state index in [0.29, 0.717) is 6.54 Å². The van der Waals surface area contributed by atoms with Crippen molar-refractivity contribution in [2.45, 2.75) is 20.4 Å². The molecule has 0 saturated carbocycles. The van der Waals surface area contributed by atoms with Gasteiger partial charge in [-0.15, -0.1) is 5.10 Å². The van der Waals surface area contributed by atoms with E-state index in [9.17, 15) is 4.79 Å². The number of aromatic nitrogens is 3. The maximum Gasteiger partial charge on any atom is 0.222 e. The molecule has 0 unspecified atom stereocenters. The number of carbonyl (C=O) groups is 1. The molecule has 18 heavy (non-hydrogen) atoms. The Morgan fingerprint density at radius 3 is 2.72 bits per heavy atom. The summed E-state index contributed by atoms with van der Waals surface area (Å²) in [6.07, 6.45) is 1.82. The van der Waals surface area contributed by atoms with Crippen molar-refractivity contribution in [1.82, 2.24) is 20.3 Å². The molecule has 0 aliphatic rings. The van der Waals surface area contributed by atoms with Crippen LogP contribution in [0.3, 0.4) is 0 Å². The zero-order chi connectivity index (χ0) is 13.0. The number of nitrogens with zero attached hydrogens (tertiary/aromatic N) is 3. The molecule has 0 aliphatic carbocycles. The van der Waals surface area contributed by atoms with Gasteiger partial charge in [-0.25, -0.2) is 4.68 Å². The lowest BCUT2D eigenvalue weighted by Crippen LogP contribution is -2.27. The van der Waals surface area contributed by atoms with Gasteiger partial charge in [-0.3, -0.25) is 4.79 Å². The Labute approximate surface area is 106 Å². The molecule has 0 atom stereocenters. The number of nitrogens with one attached hydrogen (secondary N) is 1. The smallest absolute Gasteiger partial charge is 0.222 e. The first-order chi connectivity index (χ1) is 8.66. The van der Waals surface area contributed by atoms with Crippen LogP contribution in [0.15, 0.2) is 36.5 Å². The fourth-order valence-corrected chi connectivity index (χ4v) is 1.47. The first-order valence-electron chi connectivity index (χ1n) is 5.91. The minimum atomic E-state index is -0.0193. The van der Waals surface area contributed by atoms with Crippen LogP contribution < -0.4 is 5.32 Å². The van der Waals surface area contributed by atoms with Gasteiger partial charge in [0.05, 0.1) is 18.4 Å². The minimum absolute atomic E-state index is 0.0178. The van der Waals surface area contributed by atoms with Crippen molar-refractivity contribution >= 4 is 5.91 Å². The molecular weight excluding hydrogens is 228 g/mol. The molecule has 0 aliphatic heterocycles. The molecule has 2 aromatic rings. The molecule has 1 aromatic heterocycles. The number of rotatable bonds is 4. The average Bonchev–Trinajstić information content (AvgIpc) is 2.85. The van der Waals surface area contributed by atoms with Crippen molar-refractivity contribution in [3.05, 3.63) is 42.2 Å². The van der Waals surface area contributed by atoms with Crippen LogP contribution in [-0.4, -0.2) is 20.9 Å². The summed E-state index contributed by atoms with van der Waals surface area (Å²) in [6.45, 7) is 4.12. The summed E-state index contributed by atoms with van der Waals surface area (Å²) < 4.78 is 1.69. The Morgan fingerprint density at radius 2 is 2.06 bits per heavy atom. The standard InChI is InChI=1S/C13H16N4O/c1-10(2)13(18)14-8-11-9-17(16-15-11)12-6-4-3-5-7-12/h3-7,9-10H,8H2,1-2H3,(H,14,18). The first kappa shape index (κ1) is 12.3. The van der Waals surface area contributed by atoms with Gasteiger partial charge in [-0.2, -0.15) is 0 Å². The van der Waals surface area contributed by atoms with E-state index >= 15 is 0 Å². The van der Waals surface area contributed by atoms with Crippen LogP contribution in [0, 0.1) is 5.92 Å². The molecule has 0 spiro atoms. The second kappa shape index (κ2) is 5.44. The minimum Gasteiger partial charge on any atom is -0.350 e. The number of carbonyl (C=O) groups excluding carboxylic acids is 1. The summed E-state index contributed by atoms with van der Waals surface area (Å²) in [4.78, 5) is 11.4. The molecular formula is C13H16N4O. The quantitative estimate of drug-likeness (QED) is 0.887. The predicted octanol–water partition coefficient (Wildman–Crippen LogP) is 1.54. The zero-order valence-electron chi connectivity index (χ0n) is 10.5. The van der Waals surface area contributed by atoms with Crippen molar-refractivity contribution < 1.29 is 4.79 Å². The van der Waals surface area contributed by atoms with Gasteiger partial charge in [-0.05, 0) is 12.1 Å². The highest BCUT2D eigenvalue weighted by Crippen LogP contribution is 2.05. The highest BCUT2D eigenvalue weighted by atomic mass is 16.1. The highest BCUT2D eigenvalue weighted by molar-refractivity contribution is 5.77. The lowest BCUT2D eigenvalue weighted by molar-refractivity contribution is -0.124. The summed E-state index contributed by atoms with van der Waals surface area (Å²) in [5, 5.41) is 10.9. The van der Waals surface area contributed by atoms with Crippen molar-refractivity contribution in [3.8, 4) is 5.69 Å². The lowest BCUT2D eigenvalue weighted by Gasteiger charge is -2.04. The van der Waals surface area contributed by atoms with E-state index in [2.05, 4.69) is 15.6 Å². The zero-order valence-corrected chi connectivity index (χ0v) is 10.5. The van der Waals surface area contributed by atoms with Gasteiger partial charge >= 0.3 is 0 Å². The van der Waals surface area contributed by atoms with E-state index in [4.69, 9.17) is 0 Å². The van der Waals surface area contributed by atoms with Crippen molar-refractivity contribution in [2.75, 3.05) is 0 Å². The summed E-state index contributed by atoms with van der Waals surface area (Å²) in [5.41, 5.74) is 1.69. The Kier molecular flexibility index (Phi) is 3.72. The lowest BCUT2D eigenvalue weighted by atomic mass is 10.2. The highest BCUT2D eigenvalue weighted by Gasteiger charge is 2.08. The summed E-state index contributed by atoms with van der Waals surface area (Å²) in [6, 6.07) is 9.73. The maximum atomic E-state index is 11.4. The van der Waals surface area contributed by atoms with Crippen molar-refractivity contribution in [3.63, 3.8) is 0 Å². The normalized spacial score (nSPS) is 10.6. The number of hydrogen-bond acceptors (Lipinski definition) is 3. The summed E-state index contributed by atoms with van der Waals surface area (Å²) in [5.74, 6) is -0.00145. The predicted molar refractivity (Wildman–Crippen MR) is 68.0 cm³/mol. The molecule has 2 rings (SSSR count). The molecule has 0 radical (unpaired) electrons. The van der Waals surface area contributed by atoms with E-state index in [1.807, 2.05) is 50.4 Å². The average molecular weight is 244 g/mol. The van der Waals surface area contributed by atoms with Gasteiger partial charge < -0.3 is 5.32 Å². The SMILES string of the molecule is CC(C)C(=O)NCc1cn(-c2ccccc2)nn1. The van der Waals surface area contributed by atoms with Crippen molar-refractivity contribution in [2.24, 2.45) is 5.92 Å². The van der Waals surface area contributed by atoms with Crippen LogP contribution in [0.5, 0.6) is 0 Å². The molecule has 1 heterocycles. The fourth-order valence-electron chi connectivity index (χ4n) is 1.47. The fraction of sp³-hybridized carbons (Fsp3) is 0.308. The van der Waals surface area contributed by atoms with E-state index in [-0.39, 0.29) is 11.8 Å². The first-order valence-corrected chi connectivity index (χ1v) is 5.91. The Bertz CT molecular complexity index is 519. The number of hydrogen-bond donors (Lipinski definition) is 1. The topological polar surface area (TPSA) is 59.8 Å². The van der Waals surface area contributed by atoms with Gasteiger partial charge in [0.25, 0.3) is 0 Å². The van der Waals surface area contributed by atoms with E-state index in [0.717, 1.165) is 11.4 Å². The van der Waals surface area contributed by atoms with Crippen LogP contribution in [0.4, 0.5) is 0 Å². The van der Waals surface area contributed by atoms with Gasteiger partial charge in [0.1, 0.15) is 5.69 Å². The third-order valence-electron chi connectivity index (χ3n) is 2.53. The third-order valence-corrected chi connectivity index (χ3v) is 2.53. The van der Waals surface area contributed by atoms with E-state index in [1.54, 1.807) is 4.68 Å². The van der Waals surface area contributed by atoms with Gasteiger partial charge in [-0.1, -0.05) is 37.3 Å². The number of amides is 1. The maximum absolute atomic E-state index is 11.4. The van der Waals surface area contributed by atoms with Gasteiger partial charge in [0, 0.05) is 5.92 Å². The third kappa shape index (κ3) is 2.94. The van der Waals surface area contributed by atoms with Gasteiger partial charge in [0.2, 0.25) is 5.91 Å². The molecule has 1 N–H and O–H groups in total. The molecule has 5 heteroatoms.